The molecule has 0 bridgehead atoms. The van der Waals surface area contributed by atoms with Gasteiger partial charge in [0.15, 0.2) is 11.5 Å². The first-order valence-corrected chi connectivity index (χ1v) is 13.3. The third-order valence-electron chi connectivity index (χ3n) is 7.20. The van der Waals surface area contributed by atoms with Crippen LogP contribution in [0.4, 0.5) is 0 Å². The highest BCUT2D eigenvalue weighted by Crippen LogP contribution is 2.40. The first kappa shape index (κ1) is 27.0. The molecule has 1 saturated carbocycles. The summed E-state index contributed by atoms with van der Waals surface area (Å²) in [5.41, 5.74) is 5.20. The van der Waals surface area contributed by atoms with E-state index < -0.39 is 5.97 Å². The van der Waals surface area contributed by atoms with Crippen molar-refractivity contribution in [3.05, 3.63) is 59.7 Å². The lowest BCUT2D eigenvalue weighted by Gasteiger charge is -2.29. The van der Waals surface area contributed by atoms with Crippen molar-refractivity contribution < 1.29 is 19.4 Å². The summed E-state index contributed by atoms with van der Waals surface area (Å²) < 4.78 is 11.2. The Labute approximate surface area is 211 Å². The predicted molar refractivity (Wildman–Crippen MR) is 143 cm³/mol. The molecule has 1 aliphatic carbocycles. The van der Waals surface area contributed by atoms with Crippen LogP contribution >= 0.6 is 0 Å². The Kier molecular flexibility index (Phi) is 10.4. The first-order valence-electron chi connectivity index (χ1n) is 13.3. The summed E-state index contributed by atoms with van der Waals surface area (Å²) in [5, 5.41) is 9.14. The van der Waals surface area contributed by atoms with Gasteiger partial charge in [0.05, 0.1) is 6.61 Å². The van der Waals surface area contributed by atoms with Crippen LogP contribution < -0.4 is 9.47 Å². The fraction of sp³-hybridized carbons (Fsp3) is 0.516. The Morgan fingerprint density at radius 2 is 1.80 bits per heavy atom. The van der Waals surface area contributed by atoms with Gasteiger partial charge in [-0.25, -0.2) is 4.79 Å². The van der Waals surface area contributed by atoms with E-state index in [1.54, 1.807) is 13.0 Å². The zero-order valence-corrected chi connectivity index (χ0v) is 21.8. The van der Waals surface area contributed by atoms with Crippen molar-refractivity contribution in [3.8, 4) is 22.6 Å². The maximum atomic E-state index is 12.2. The summed E-state index contributed by atoms with van der Waals surface area (Å²) in [6.07, 6.45) is 11.7. The summed E-state index contributed by atoms with van der Waals surface area (Å²) >= 11 is 0. The van der Waals surface area contributed by atoms with Crippen LogP contribution in [0.1, 0.15) is 89.2 Å². The molecule has 4 heteroatoms. The van der Waals surface area contributed by atoms with Gasteiger partial charge in [0.2, 0.25) is 0 Å². The van der Waals surface area contributed by atoms with Crippen LogP contribution in [0, 0.1) is 5.92 Å². The van der Waals surface area contributed by atoms with E-state index in [1.165, 1.54) is 62.5 Å². The Bertz CT molecular complexity index is 985. The molecule has 0 aliphatic heterocycles. The number of hydrogen-bond acceptors (Lipinski definition) is 4. The quantitative estimate of drug-likeness (QED) is 0.147. The Balaban J connectivity index is 1.79. The zero-order valence-electron chi connectivity index (χ0n) is 21.8. The minimum absolute atomic E-state index is 0.113. The van der Waals surface area contributed by atoms with Gasteiger partial charge in [-0.15, -0.1) is 0 Å². The van der Waals surface area contributed by atoms with E-state index >= 15 is 0 Å². The van der Waals surface area contributed by atoms with E-state index in [2.05, 4.69) is 38.6 Å². The van der Waals surface area contributed by atoms with Crippen molar-refractivity contribution in [2.24, 2.45) is 5.92 Å². The molecule has 0 radical (unpaired) electrons. The van der Waals surface area contributed by atoms with Crippen molar-refractivity contribution in [1.82, 2.24) is 0 Å². The van der Waals surface area contributed by atoms with Crippen LogP contribution in [0.15, 0.2) is 48.6 Å². The summed E-state index contributed by atoms with van der Waals surface area (Å²) in [4.78, 5) is 12.2. The van der Waals surface area contributed by atoms with Gasteiger partial charge < -0.3 is 14.6 Å². The summed E-state index contributed by atoms with van der Waals surface area (Å²) in [6, 6.07) is 12.5. The molecule has 0 amide bonds. The molecule has 2 aromatic rings. The van der Waals surface area contributed by atoms with Gasteiger partial charge in [-0.1, -0.05) is 70.4 Å². The molecule has 4 nitrogen and oxygen atoms in total. The third-order valence-corrected chi connectivity index (χ3v) is 7.20. The number of aliphatic hydroxyl groups is 1. The monoisotopic (exact) mass is 478 g/mol. The standard InChI is InChI=1S/C31H42O4/c1-5-7-8-9-23-10-12-25(13-11-23)26-14-16-28(24(6-2)20-26)27-15-17-29(34-19-18-32)30(21-27)35-31(33)22(3)4/h14-17,20-21,23,25,32H,3,5-13,18-19H2,1-2,4H3. The van der Waals surface area contributed by atoms with Crippen molar-refractivity contribution in [1.29, 1.82) is 0 Å². The molecule has 2 aromatic carbocycles. The average molecular weight is 479 g/mol. The van der Waals surface area contributed by atoms with Gasteiger partial charge in [-0.05, 0) is 85.3 Å². The number of benzene rings is 2. The summed E-state index contributed by atoms with van der Waals surface area (Å²) in [5.74, 6) is 1.85. The van der Waals surface area contributed by atoms with E-state index in [1.807, 2.05) is 12.1 Å². The van der Waals surface area contributed by atoms with Gasteiger partial charge in [-0.3, -0.25) is 0 Å². The molecule has 0 spiro atoms. The van der Waals surface area contributed by atoms with E-state index in [0.717, 1.165) is 23.5 Å². The highest BCUT2D eigenvalue weighted by Gasteiger charge is 2.23. The fourth-order valence-electron chi connectivity index (χ4n) is 5.13. The molecule has 190 valence electrons. The molecule has 0 unspecified atom stereocenters. The van der Waals surface area contributed by atoms with Gasteiger partial charge in [0, 0.05) is 5.57 Å². The molecule has 1 aliphatic rings. The molecular weight excluding hydrogens is 436 g/mol. The second-order valence-corrected chi connectivity index (χ2v) is 9.89. The number of rotatable bonds is 12. The average Bonchev–Trinajstić information content (AvgIpc) is 2.88. The highest BCUT2D eigenvalue weighted by atomic mass is 16.6. The van der Waals surface area contributed by atoms with Crippen LogP contribution in [0.5, 0.6) is 11.5 Å². The van der Waals surface area contributed by atoms with Gasteiger partial charge in [-0.2, -0.15) is 0 Å². The topological polar surface area (TPSA) is 55.8 Å². The molecule has 0 saturated heterocycles. The lowest BCUT2D eigenvalue weighted by molar-refractivity contribution is -0.130. The van der Waals surface area contributed by atoms with Crippen LogP contribution in [-0.4, -0.2) is 24.3 Å². The summed E-state index contributed by atoms with van der Waals surface area (Å²) in [7, 11) is 0. The molecule has 35 heavy (non-hydrogen) atoms. The fourth-order valence-corrected chi connectivity index (χ4v) is 5.13. The Hall–Kier alpha value is -2.59. The number of esters is 1. The minimum Gasteiger partial charge on any atom is -0.487 e. The third kappa shape index (κ3) is 7.44. The Morgan fingerprint density at radius 1 is 1.03 bits per heavy atom. The van der Waals surface area contributed by atoms with Gasteiger partial charge >= 0.3 is 5.97 Å². The second-order valence-electron chi connectivity index (χ2n) is 9.89. The SMILES string of the molecule is C=C(C)C(=O)Oc1cc(-c2ccc(C3CCC(CCCCC)CC3)cc2CC)ccc1OCCO. The molecule has 0 heterocycles. The van der Waals surface area contributed by atoms with Crippen molar-refractivity contribution in [3.63, 3.8) is 0 Å². The number of carbonyl (C=O) groups excluding carboxylic acids is 1. The lowest BCUT2D eigenvalue weighted by Crippen LogP contribution is -2.13. The zero-order chi connectivity index (χ0) is 25.2. The summed E-state index contributed by atoms with van der Waals surface area (Å²) in [6.45, 7) is 9.78. The van der Waals surface area contributed by atoms with Gasteiger partial charge in [0.25, 0.3) is 0 Å². The van der Waals surface area contributed by atoms with Crippen molar-refractivity contribution in [2.45, 2.75) is 84.5 Å². The molecule has 0 aromatic heterocycles. The highest BCUT2D eigenvalue weighted by molar-refractivity contribution is 5.89. The molecule has 3 rings (SSSR count). The van der Waals surface area contributed by atoms with E-state index in [0.29, 0.717) is 23.0 Å². The Morgan fingerprint density at radius 3 is 2.46 bits per heavy atom. The van der Waals surface area contributed by atoms with Crippen LogP contribution in [-0.2, 0) is 11.2 Å². The molecule has 1 N–H and O–H groups in total. The van der Waals surface area contributed by atoms with Crippen molar-refractivity contribution >= 4 is 5.97 Å². The maximum absolute atomic E-state index is 12.2. The second kappa shape index (κ2) is 13.5. The number of carbonyl (C=O) groups is 1. The largest absolute Gasteiger partial charge is 0.487 e. The maximum Gasteiger partial charge on any atom is 0.338 e. The lowest BCUT2D eigenvalue weighted by atomic mass is 9.76. The number of aliphatic hydroxyl groups excluding tert-OH is 1. The van der Waals surface area contributed by atoms with Gasteiger partial charge in [0.1, 0.15) is 6.61 Å². The van der Waals surface area contributed by atoms with E-state index in [-0.39, 0.29) is 13.2 Å². The normalized spacial score (nSPS) is 17.7. The first-order chi connectivity index (χ1) is 17.0. The molecular formula is C31H42O4. The molecule has 1 fully saturated rings. The van der Waals surface area contributed by atoms with E-state index in [4.69, 9.17) is 14.6 Å². The smallest absolute Gasteiger partial charge is 0.338 e. The number of aryl methyl sites for hydroxylation is 1. The van der Waals surface area contributed by atoms with E-state index in [9.17, 15) is 4.79 Å². The van der Waals surface area contributed by atoms with Crippen LogP contribution in [0.2, 0.25) is 0 Å². The number of unbranched alkanes of at least 4 members (excludes halogenated alkanes) is 2. The minimum atomic E-state index is -0.493. The predicted octanol–water partition coefficient (Wildman–Crippen LogP) is 7.62. The van der Waals surface area contributed by atoms with Crippen LogP contribution in [0.25, 0.3) is 11.1 Å². The number of hydrogen-bond donors (Lipinski definition) is 1. The van der Waals surface area contributed by atoms with Crippen molar-refractivity contribution in [2.75, 3.05) is 13.2 Å². The molecule has 0 atom stereocenters. The van der Waals surface area contributed by atoms with Crippen LogP contribution in [0.3, 0.4) is 0 Å². The number of ether oxygens (including phenoxy) is 2.